The van der Waals surface area contributed by atoms with E-state index in [1.165, 1.54) is 0 Å². The number of fused-ring (bicyclic) bond motifs is 1. The van der Waals surface area contributed by atoms with Crippen molar-refractivity contribution in [2.24, 2.45) is 7.05 Å². The minimum Gasteiger partial charge on any atom is -0.494 e. The highest BCUT2D eigenvalue weighted by molar-refractivity contribution is 9.10. The fraction of sp³-hybridized carbons (Fsp3) is 0.227. The van der Waals surface area contributed by atoms with Crippen LogP contribution in [0, 0.1) is 0 Å². The molecule has 0 unspecified atom stereocenters. The lowest BCUT2D eigenvalue weighted by Gasteiger charge is -2.28. The highest BCUT2D eigenvalue weighted by Gasteiger charge is 2.19. The zero-order chi connectivity index (χ0) is 21.4. The van der Waals surface area contributed by atoms with Gasteiger partial charge in [0.1, 0.15) is 23.1 Å². The summed E-state index contributed by atoms with van der Waals surface area (Å²) in [6.45, 7) is 1.70. The molecule has 2 aromatic carbocycles. The largest absolute Gasteiger partial charge is 0.494 e. The number of methoxy groups -OCH3 is 1. The van der Waals surface area contributed by atoms with Crippen LogP contribution in [0.5, 0.6) is 11.5 Å². The average molecular weight is 481 g/mol. The Labute approximate surface area is 187 Å². The van der Waals surface area contributed by atoms with E-state index in [2.05, 4.69) is 41.6 Å². The molecule has 0 atom stereocenters. The maximum Gasteiger partial charge on any atom is 0.227 e. The summed E-state index contributed by atoms with van der Waals surface area (Å²) in [6, 6.07) is 9.88. The van der Waals surface area contributed by atoms with Crippen molar-refractivity contribution >= 4 is 38.5 Å². The lowest BCUT2D eigenvalue weighted by Crippen LogP contribution is -2.50. The highest BCUT2D eigenvalue weighted by Crippen LogP contribution is 2.32. The Bertz CT molecular complexity index is 1250. The minimum absolute atomic E-state index is 0.177. The maximum atomic E-state index is 6.12. The van der Waals surface area contributed by atoms with Gasteiger partial charge in [-0.25, -0.2) is 9.97 Å². The minimum atomic E-state index is 0.177. The standard InChI is InChI=1S/C22H21BrN6O2/c1-29-12-15(9-26-29)13-4-17(7-18(5-13)31-19-10-24-11-19)27-22-25-8-14-3-16(23)6-20(30-2)21(14)28-22/h3-9,12,19,24H,10-11H2,1-2H3,(H,25,27,28). The summed E-state index contributed by atoms with van der Waals surface area (Å²) in [7, 11) is 3.53. The van der Waals surface area contributed by atoms with Crippen molar-refractivity contribution in [3.63, 3.8) is 0 Å². The Kier molecular flexibility index (Phi) is 5.21. The van der Waals surface area contributed by atoms with E-state index >= 15 is 0 Å². The van der Waals surface area contributed by atoms with Crippen LogP contribution in [0.25, 0.3) is 22.0 Å². The normalized spacial score (nSPS) is 13.8. The predicted octanol–water partition coefficient (Wildman–Crippen LogP) is 3.90. The molecule has 0 bridgehead atoms. The van der Waals surface area contributed by atoms with Gasteiger partial charge in [-0.1, -0.05) is 15.9 Å². The van der Waals surface area contributed by atoms with E-state index in [9.17, 15) is 0 Å². The van der Waals surface area contributed by atoms with Crippen LogP contribution < -0.4 is 20.1 Å². The molecular weight excluding hydrogens is 460 g/mol. The van der Waals surface area contributed by atoms with Gasteiger partial charge in [-0.2, -0.15) is 5.10 Å². The third-order valence-corrected chi connectivity index (χ3v) is 5.54. The van der Waals surface area contributed by atoms with Gasteiger partial charge in [-0.3, -0.25) is 4.68 Å². The fourth-order valence-corrected chi connectivity index (χ4v) is 3.89. The fourth-order valence-electron chi connectivity index (χ4n) is 3.44. The summed E-state index contributed by atoms with van der Waals surface area (Å²) in [5, 5.41) is 11.7. The third kappa shape index (κ3) is 4.19. The number of halogens is 1. The molecule has 4 aromatic rings. The van der Waals surface area contributed by atoms with Crippen molar-refractivity contribution in [1.29, 1.82) is 0 Å². The number of hydrogen-bond acceptors (Lipinski definition) is 7. The number of aryl methyl sites for hydroxylation is 1. The first-order valence-electron chi connectivity index (χ1n) is 9.86. The van der Waals surface area contributed by atoms with Crippen molar-refractivity contribution in [2.45, 2.75) is 6.10 Å². The summed E-state index contributed by atoms with van der Waals surface area (Å²) in [4.78, 5) is 9.15. The van der Waals surface area contributed by atoms with E-state index in [1.54, 1.807) is 18.0 Å². The van der Waals surface area contributed by atoms with Gasteiger partial charge in [-0.05, 0) is 29.8 Å². The molecule has 8 nitrogen and oxygen atoms in total. The summed E-state index contributed by atoms with van der Waals surface area (Å²) in [6.07, 6.45) is 5.77. The molecule has 0 saturated carbocycles. The molecule has 0 spiro atoms. The van der Waals surface area contributed by atoms with Gasteiger partial charge in [0, 0.05) is 59.7 Å². The van der Waals surface area contributed by atoms with E-state index in [1.807, 2.05) is 49.8 Å². The smallest absolute Gasteiger partial charge is 0.227 e. The zero-order valence-electron chi connectivity index (χ0n) is 17.1. The molecule has 1 fully saturated rings. The molecule has 5 rings (SSSR count). The third-order valence-electron chi connectivity index (χ3n) is 5.08. The highest BCUT2D eigenvalue weighted by atomic mass is 79.9. The zero-order valence-corrected chi connectivity index (χ0v) is 18.7. The first kappa shape index (κ1) is 19.8. The summed E-state index contributed by atoms with van der Waals surface area (Å²) in [5.41, 5.74) is 3.58. The molecule has 2 aromatic heterocycles. The van der Waals surface area contributed by atoms with E-state index in [-0.39, 0.29) is 6.10 Å². The lowest BCUT2D eigenvalue weighted by atomic mass is 10.1. The van der Waals surface area contributed by atoms with E-state index in [0.717, 1.165) is 51.0 Å². The number of anilines is 2. The number of ether oxygens (including phenoxy) is 2. The van der Waals surface area contributed by atoms with E-state index in [0.29, 0.717) is 11.7 Å². The predicted molar refractivity (Wildman–Crippen MR) is 123 cm³/mol. The average Bonchev–Trinajstić information content (AvgIpc) is 3.16. The lowest BCUT2D eigenvalue weighted by molar-refractivity contribution is 0.142. The van der Waals surface area contributed by atoms with Gasteiger partial charge in [-0.15, -0.1) is 0 Å². The molecule has 9 heteroatoms. The molecule has 1 saturated heterocycles. The van der Waals surface area contributed by atoms with Gasteiger partial charge in [0.25, 0.3) is 0 Å². The molecule has 2 N–H and O–H groups in total. The van der Waals surface area contributed by atoms with Crippen molar-refractivity contribution in [1.82, 2.24) is 25.1 Å². The van der Waals surface area contributed by atoms with E-state index in [4.69, 9.17) is 9.47 Å². The molecule has 3 heterocycles. The summed E-state index contributed by atoms with van der Waals surface area (Å²) in [5.74, 6) is 1.95. The van der Waals surface area contributed by atoms with Crippen molar-refractivity contribution in [2.75, 3.05) is 25.5 Å². The number of aromatic nitrogens is 4. The molecular formula is C22H21BrN6O2. The second-order valence-corrected chi connectivity index (χ2v) is 8.33. The van der Waals surface area contributed by atoms with Crippen LogP contribution in [-0.4, -0.2) is 46.1 Å². The first-order chi connectivity index (χ1) is 15.1. The molecule has 0 amide bonds. The second-order valence-electron chi connectivity index (χ2n) is 7.41. The molecule has 158 valence electrons. The first-order valence-corrected chi connectivity index (χ1v) is 10.7. The molecule has 31 heavy (non-hydrogen) atoms. The number of nitrogens with zero attached hydrogens (tertiary/aromatic N) is 4. The van der Waals surface area contributed by atoms with Crippen molar-refractivity contribution < 1.29 is 9.47 Å². The number of hydrogen-bond donors (Lipinski definition) is 2. The second kappa shape index (κ2) is 8.16. The molecule has 1 aliphatic rings. The number of benzene rings is 2. The SMILES string of the molecule is COc1cc(Br)cc2cnc(Nc3cc(OC4CNC4)cc(-c4cnn(C)c4)c3)nc12. The number of rotatable bonds is 6. The van der Waals surface area contributed by atoms with Gasteiger partial charge < -0.3 is 20.1 Å². The molecule has 0 radical (unpaired) electrons. The van der Waals surface area contributed by atoms with Gasteiger partial charge in [0.2, 0.25) is 5.95 Å². The Morgan fingerprint density at radius 2 is 2.00 bits per heavy atom. The van der Waals surface area contributed by atoms with Crippen LogP contribution in [0.2, 0.25) is 0 Å². The molecule has 0 aliphatic carbocycles. The van der Waals surface area contributed by atoms with Crippen LogP contribution in [0.1, 0.15) is 0 Å². The Balaban J connectivity index is 1.51. The number of nitrogens with one attached hydrogen (secondary N) is 2. The van der Waals surface area contributed by atoms with Gasteiger partial charge in [0.05, 0.1) is 13.3 Å². The Morgan fingerprint density at radius 1 is 1.13 bits per heavy atom. The topological polar surface area (TPSA) is 86.1 Å². The van der Waals surface area contributed by atoms with Crippen molar-refractivity contribution in [3.8, 4) is 22.6 Å². The van der Waals surface area contributed by atoms with Crippen molar-refractivity contribution in [3.05, 3.63) is 53.4 Å². The van der Waals surface area contributed by atoms with Crippen LogP contribution in [-0.2, 0) is 7.05 Å². The van der Waals surface area contributed by atoms with Crippen LogP contribution >= 0.6 is 15.9 Å². The van der Waals surface area contributed by atoms with Crippen LogP contribution in [0.15, 0.2) is 53.4 Å². The Hall–Kier alpha value is -3.17. The quantitative estimate of drug-likeness (QED) is 0.432. The van der Waals surface area contributed by atoms with Gasteiger partial charge in [0.15, 0.2) is 0 Å². The summed E-state index contributed by atoms with van der Waals surface area (Å²) >= 11 is 3.49. The molecule has 1 aliphatic heterocycles. The monoisotopic (exact) mass is 480 g/mol. The van der Waals surface area contributed by atoms with Gasteiger partial charge >= 0.3 is 0 Å². The van der Waals surface area contributed by atoms with E-state index < -0.39 is 0 Å². The maximum absolute atomic E-state index is 6.12. The summed E-state index contributed by atoms with van der Waals surface area (Å²) < 4.78 is 14.3. The van der Waals surface area contributed by atoms with Crippen LogP contribution in [0.4, 0.5) is 11.6 Å². The van der Waals surface area contributed by atoms with Crippen LogP contribution in [0.3, 0.4) is 0 Å². The Morgan fingerprint density at radius 3 is 2.71 bits per heavy atom.